The highest BCUT2D eigenvalue weighted by atomic mass is 14.0. The predicted molar refractivity (Wildman–Crippen MR) is 78.2 cm³/mol. The molecule has 0 heterocycles. The quantitative estimate of drug-likeness (QED) is 0.618. The number of benzene rings is 1. The Hall–Kier alpha value is -1.04. The normalized spacial score (nSPS) is 14.7. The van der Waals surface area contributed by atoms with Crippen LogP contribution in [0.3, 0.4) is 0 Å². The Morgan fingerprint density at radius 3 is 1.65 bits per heavy atom. The molecule has 0 saturated heterocycles. The second-order valence-electron chi connectivity index (χ2n) is 4.95. The van der Waals surface area contributed by atoms with E-state index in [1.165, 1.54) is 49.7 Å². The van der Waals surface area contributed by atoms with Crippen LogP contribution in [-0.4, -0.2) is 0 Å². The van der Waals surface area contributed by atoms with Crippen molar-refractivity contribution in [3.05, 3.63) is 42.0 Å². The molecule has 0 aliphatic heterocycles. The van der Waals surface area contributed by atoms with Crippen LogP contribution in [0.15, 0.2) is 30.8 Å². The summed E-state index contributed by atoms with van der Waals surface area (Å²) in [6, 6.07) is 8.57. The van der Waals surface area contributed by atoms with Crippen LogP contribution in [0.4, 0.5) is 0 Å². The Labute approximate surface area is 107 Å². The molecule has 0 heteroatoms. The first-order chi connectivity index (χ1) is 8.24. The molecule has 0 nitrogen and oxygen atoms in total. The van der Waals surface area contributed by atoms with E-state index >= 15 is 0 Å². The maximum Gasteiger partial charge on any atom is -0.0233 e. The number of aryl methyl sites for hydroxylation is 1. The molecule has 1 saturated carbocycles. The summed E-state index contributed by atoms with van der Waals surface area (Å²) >= 11 is 0. The topological polar surface area (TPSA) is 0 Å². The largest absolute Gasteiger partial charge is 0.0955 e. The fourth-order valence-corrected chi connectivity index (χ4v) is 2.09. The fraction of sp³-hybridized carbons (Fsp3) is 0.529. The van der Waals surface area contributed by atoms with Gasteiger partial charge in [-0.1, -0.05) is 81.9 Å². The zero-order chi connectivity index (χ0) is 12.5. The zero-order valence-corrected chi connectivity index (χ0v) is 11.5. The van der Waals surface area contributed by atoms with Crippen molar-refractivity contribution in [1.29, 1.82) is 0 Å². The van der Waals surface area contributed by atoms with Gasteiger partial charge in [0, 0.05) is 0 Å². The zero-order valence-electron chi connectivity index (χ0n) is 11.5. The van der Waals surface area contributed by atoms with Gasteiger partial charge >= 0.3 is 0 Å². The van der Waals surface area contributed by atoms with E-state index in [4.69, 9.17) is 0 Å². The molecule has 17 heavy (non-hydrogen) atoms. The van der Waals surface area contributed by atoms with Gasteiger partial charge < -0.3 is 0 Å². The molecule has 1 aromatic rings. The molecule has 0 unspecified atom stereocenters. The highest BCUT2D eigenvalue weighted by Crippen LogP contribution is 2.15. The van der Waals surface area contributed by atoms with Gasteiger partial charge in [-0.25, -0.2) is 0 Å². The Morgan fingerprint density at radius 1 is 0.941 bits per heavy atom. The minimum Gasteiger partial charge on any atom is -0.0955 e. The van der Waals surface area contributed by atoms with Crippen molar-refractivity contribution in [2.75, 3.05) is 0 Å². The van der Waals surface area contributed by atoms with Crippen LogP contribution in [0.2, 0.25) is 0 Å². The van der Waals surface area contributed by atoms with Gasteiger partial charge in [0.25, 0.3) is 0 Å². The molecule has 1 aromatic carbocycles. The first kappa shape index (κ1) is 14.0. The monoisotopic (exact) mass is 230 g/mol. The van der Waals surface area contributed by atoms with Gasteiger partial charge in [-0.15, -0.1) is 0 Å². The molecule has 0 spiro atoms. The summed E-state index contributed by atoms with van der Waals surface area (Å²) in [5, 5.41) is 0. The standard InChI is InChI=1S/C11H14.C6H12/c1-4-10-5-7-11(8-6-10)9(2)3;1-2-4-6-5-3-1/h5-8H,2,4H2,1,3H3;1-6H2. The van der Waals surface area contributed by atoms with Gasteiger partial charge in [-0.05, 0) is 24.5 Å². The van der Waals surface area contributed by atoms with Crippen LogP contribution in [0.5, 0.6) is 0 Å². The van der Waals surface area contributed by atoms with Crippen molar-refractivity contribution < 1.29 is 0 Å². The molecular weight excluding hydrogens is 204 g/mol. The van der Waals surface area contributed by atoms with Crippen molar-refractivity contribution in [1.82, 2.24) is 0 Å². The fourth-order valence-electron chi connectivity index (χ4n) is 2.09. The third kappa shape index (κ3) is 5.72. The van der Waals surface area contributed by atoms with Crippen LogP contribution < -0.4 is 0 Å². The number of hydrogen-bond donors (Lipinski definition) is 0. The lowest BCUT2D eigenvalue weighted by atomic mass is 10.0. The Morgan fingerprint density at radius 2 is 1.35 bits per heavy atom. The summed E-state index contributed by atoms with van der Waals surface area (Å²) in [7, 11) is 0. The van der Waals surface area contributed by atoms with Gasteiger partial charge in [-0.3, -0.25) is 0 Å². The van der Waals surface area contributed by atoms with Crippen LogP contribution >= 0.6 is 0 Å². The summed E-state index contributed by atoms with van der Waals surface area (Å²) < 4.78 is 0. The molecule has 0 N–H and O–H groups in total. The molecule has 1 aliphatic carbocycles. The van der Waals surface area contributed by atoms with E-state index in [1.54, 1.807) is 0 Å². The first-order valence-electron chi connectivity index (χ1n) is 6.99. The minimum absolute atomic E-state index is 1.11. The second kappa shape index (κ2) is 8.11. The molecule has 0 atom stereocenters. The van der Waals surface area contributed by atoms with Crippen molar-refractivity contribution >= 4 is 5.57 Å². The van der Waals surface area contributed by atoms with Crippen molar-refractivity contribution in [3.8, 4) is 0 Å². The van der Waals surface area contributed by atoms with Crippen LogP contribution in [0.1, 0.15) is 63.5 Å². The van der Waals surface area contributed by atoms with E-state index in [2.05, 4.69) is 37.8 Å². The average molecular weight is 230 g/mol. The van der Waals surface area contributed by atoms with Gasteiger partial charge in [-0.2, -0.15) is 0 Å². The smallest absolute Gasteiger partial charge is 0.0233 e. The predicted octanol–water partition coefficient (Wildman–Crippen LogP) is 5.62. The van der Waals surface area contributed by atoms with Crippen molar-refractivity contribution in [3.63, 3.8) is 0 Å². The first-order valence-corrected chi connectivity index (χ1v) is 6.99. The number of hydrogen-bond acceptors (Lipinski definition) is 0. The molecule has 0 amide bonds. The van der Waals surface area contributed by atoms with E-state index in [9.17, 15) is 0 Å². The van der Waals surface area contributed by atoms with E-state index in [1.807, 2.05) is 6.92 Å². The third-order valence-electron chi connectivity index (χ3n) is 3.35. The number of allylic oxidation sites excluding steroid dienone is 1. The van der Waals surface area contributed by atoms with Gasteiger partial charge in [0.1, 0.15) is 0 Å². The Balaban J connectivity index is 0.000000202. The molecule has 2 rings (SSSR count). The molecule has 0 radical (unpaired) electrons. The number of rotatable bonds is 2. The lowest BCUT2D eigenvalue weighted by Gasteiger charge is -2.05. The highest BCUT2D eigenvalue weighted by Gasteiger charge is 1.95. The summed E-state index contributed by atoms with van der Waals surface area (Å²) in [6.45, 7) is 8.07. The molecular formula is C17H26. The van der Waals surface area contributed by atoms with Crippen molar-refractivity contribution in [2.24, 2.45) is 0 Å². The lowest BCUT2D eigenvalue weighted by molar-refractivity contribution is 0.504. The second-order valence-corrected chi connectivity index (χ2v) is 4.95. The van der Waals surface area contributed by atoms with Crippen LogP contribution in [0, 0.1) is 0 Å². The maximum atomic E-state index is 3.88. The summed E-state index contributed by atoms with van der Waals surface area (Å²) in [6.07, 6.45) is 10.1. The van der Waals surface area contributed by atoms with Gasteiger partial charge in [0.15, 0.2) is 0 Å². The summed E-state index contributed by atoms with van der Waals surface area (Å²) in [4.78, 5) is 0. The SMILES string of the molecule is C1CCCCC1.C=C(C)c1ccc(CC)cc1. The molecule has 1 aliphatic rings. The maximum absolute atomic E-state index is 3.88. The lowest BCUT2D eigenvalue weighted by Crippen LogP contribution is -1.85. The van der Waals surface area contributed by atoms with Gasteiger partial charge in [0.2, 0.25) is 0 Å². The van der Waals surface area contributed by atoms with E-state index < -0.39 is 0 Å². The highest BCUT2D eigenvalue weighted by molar-refractivity contribution is 5.61. The Bertz CT molecular complexity index is 303. The van der Waals surface area contributed by atoms with Crippen LogP contribution in [0.25, 0.3) is 5.57 Å². The van der Waals surface area contributed by atoms with E-state index in [0.29, 0.717) is 0 Å². The van der Waals surface area contributed by atoms with Gasteiger partial charge in [0.05, 0.1) is 0 Å². The Kier molecular flexibility index (Phi) is 6.69. The minimum atomic E-state index is 1.11. The average Bonchev–Trinajstić information content (AvgIpc) is 2.41. The summed E-state index contributed by atoms with van der Waals surface area (Å²) in [5.41, 5.74) is 3.75. The van der Waals surface area contributed by atoms with Crippen molar-refractivity contribution in [2.45, 2.75) is 58.8 Å². The molecule has 0 aromatic heterocycles. The molecule has 1 fully saturated rings. The van der Waals surface area contributed by atoms with E-state index in [0.717, 1.165) is 12.0 Å². The van der Waals surface area contributed by atoms with Crippen LogP contribution in [-0.2, 0) is 6.42 Å². The molecule has 0 bridgehead atoms. The third-order valence-corrected chi connectivity index (χ3v) is 3.35. The molecule has 94 valence electrons. The summed E-state index contributed by atoms with van der Waals surface area (Å²) in [5.74, 6) is 0. The van der Waals surface area contributed by atoms with E-state index in [-0.39, 0.29) is 0 Å².